The zero-order chi connectivity index (χ0) is 17.8. The van der Waals surface area contributed by atoms with Crippen LogP contribution < -0.4 is 10.6 Å². The number of hydrogen-bond donors (Lipinski definition) is 2. The molecule has 0 fully saturated rings. The smallest absolute Gasteiger partial charge is 0.274 e. The second kappa shape index (κ2) is 7.46. The van der Waals surface area contributed by atoms with Gasteiger partial charge in [-0.05, 0) is 30.3 Å². The summed E-state index contributed by atoms with van der Waals surface area (Å²) in [5.74, 6) is -0.634. The van der Waals surface area contributed by atoms with Crippen molar-refractivity contribution in [3.63, 3.8) is 0 Å². The van der Waals surface area contributed by atoms with Crippen LogP contribution in [0.15, 0.2) is 54.9 Å². The van der Waals surface area contributed by atoms with E-state index in [1.165, 1.54) is 30.6 Å². The van der Waals surface area contributed by atoms with Gasteiger partial charge in [0.15, 0.2) is 0 Å². The van der Waals surface area contributed by atoms with Crippen LogP contribution in [0.1, 0.15) is 10.5 Å². The maximum atomic E-state index is 13.2. The highest BCUT2D eigenvalue weighted by atomic mass is 35.5. The lowest BCUT2D eigenvalue weighted by molar-refractivity contribution is 0.102. The van der Waals surface area contributed by atoms with E-state index in [2.05, 4.69) is 20.6 Å². The third kappa shape index (κ3) is 4.23. The summed E-state index contributed by atoms with van der Waals surface area (Å²) >= 11 is 11.8. The molecule has 126 valence electrons. The minimum atomic E-state index is -0.562. The number of amides is 1. The summed E-state index contributed by atoms with van der Waals surface area (Å²) < 4.78 is 13.2. The predicted octanol–water partition coefficient (Wildman–Crippen LogP) is 4.92. The fraction of sp³-hybridized carbons (Fsp3) is 0. The second-order valence-corrected chi connectivity index (χ2v) is 5.79. The lowest BCUT2D eigenvalue weighted by Crippen LogP contribution is -2.14. The standard InChI is InChI=1S/C17H11Cl2FN4O/c18-11-3-1-2-4-14(11)24-16-8-15(21-9-22-16)17(25)23-10-5-6-13(20)12(19)7-10/h1-9H,(H,23,25)(H,21,22,24). The molecular formula is C17H11Cl2FN4O. The quantitative estimate of drug-likeness (QED) is 0.678. The molecule has 0 radical (unpaired) electrons. The molecule has 0 unspecified atom stereocenters. The van der Waals surface area contributed by atoms with Gasteiger partial charge in [-0.25, -0.2) is 14.4 Å². The van der Waals surface area contributed by atoms with Crippen LogP contribution in [-0.4, -0.2) is 15.9 Å². The molecule has 1 aromatic heterocycles. The Morgan fingerprint density at radius 2 is 1.80 bits per heavy atom. The lowest BCUT2D eigenvalue weighted by atomic mass is 10.3. The number of rotatable bonds is 4. The van der Waals surface area contributed by atoms with Crippen molar-refractivity contribution in [2.75, 3.05) is 10.6 Å². The molecule has 0 saturated heterocycles. The van der Waals surface area contributed by atoms with E-state index in [0.717, 1.165) is 0 Å². The summed E-state index contributed by atoms with van der Waals surface area (Å²) in [6.45, 7) is 0. The van der Waals surface area contributed by atoms with Gasteiger partial charge in [0.05, 0.1) is 15.7 Å². The zero-order valence-electron chi connectivity index (χ0n) is 12.6. The molecule has 25 heavy (non-hydrogen) atoms. The number of aromatic nitrogens is 2. The molecule has 2 N–H and O–H groups in total. The molecule has 0 saturated carbocycles. The molecule has 3 rings (SSSR count). The first kappa shape index (κ1) is 17.1. The van der Waals surface area contributed by atoms with Gasteiger partial charge in [-0.2, -0.15) is 0 Å². The summed E-state index contributed by atoms with van der Waals surface area (Å²) in [5, 5.41) is 6.05. The van der Waals surface area contributed by atoms with Crippen molar-refractivity contribution >= 4 is 46.3 Å². The number of carbonyl (C=O) groups excluding carboxylic acids is 1. The van der Waals surface area contributed by atoms with Gasteiger partial charge < -0.3 is 10.6 Å². The lowest BCUT2D eigenvalue weighted by Gasteiger charge is -2.09. The Morgan fingerprint density at radius 1 is 1.00 bits per heavy atom. The zero-order valence-corrected chi connectivity index (χ0v) is 14.1. The first-order valence-corrected chi connectivity index (χ1v) is 7.88. The predicted molar refractivity (Wildman–Crippen MR) is 96.1 cm³/mol. The van der Waals surface area contributed by atoms with E-state index < -0.39 is 11.7 Å². The third-order valence-electron chi connectivity index (χ3n) is 3.21. The molecule has 1 amide bonds. The fourth-order valence-electron chi connectivity index (χ4n) is 2.02. The first-order chi connectivity index (χ1) is 12.0. The topological polar surface area (TPSA) is 66.9 Å². The second-order valence-electron chi connectivity index (χ2n) is 4.98. The van der Waals surface area contributed by atoms with Crippen LogP contribution in [0.5, 0.6) is 0 Å². The summed E-state index contributed by atoms with van der Waals surface area (Å²) in [6.07, 6.45) is 1.26. The number of nitrogens with one attached hydrogen (secondary N) is 2. The highest BCUT2D eigenvalue weighted by Gasteiger charge is 2.11. The van der Waals surface area contributed by atoms with Gasteiger partial charge in [0.1, 0.15) is 23.7 Å². The van der Waals surface area contributed by atoms with Crippen LogP contribution in [0.2, 0.25) is 10.0 Å². The molecule has 0 bridgehead atoms. The number of para-hydroxylation sites is 1. The average Bonchev–Trinajstić information content (AvgIpc) is 2.60. The SMILES string of the molecule is O=C(Nc1ccc(F)c(Cl)c1)c1cc(Nc2ccccc2Cl)ncn1. The summed E-state index contributed by atoms with van der Waals surface area (Å²) in [4.78, 5) is 20.3. The summed E-state index contributed by atoms with van der Waals surface area (Å²) in [7, 11) is 0. The normalized spacial score (nSPS) is 10.4. The van der Waals surface area contributed by atoms with Gasteiger partial charge in [0.25, 0.3) is 5.91 Å². The summed E-state index contributed by atoms with van der Waals surface area (Å²) in [6, 6.07) is 12.5. The van der Waals surface area contributed by atoms with E-state index in [0.29, 0.717) is 22.2 Å². The van der Waals surface area contributed by atoms with Gasteiger partial charge in [-0.15, -0.1) is 0 Å². The van der Waals surface area contributed by atoms with Crippen molar-refractivity contribution in [3.05, 3.63) is 76.4 Å². The minimum absolute atomic E-state index is 0.0819. The van der Waals surface area contributed by atoms with Gasteiger partial charge in [-0.3, -0.25) is 4.79 Å². The third-order valence-corrected chi connectivity index (χ3v) is 3.83. The highest BCUT2D eigenvalue weighted by molar-refractivity contribution is 6.33. The maximum absolute atomic E-state index is 13.2. The molecule has 0 aliphatic carbocycles. The molecule has 2 aromatic carbocycles. The van der Waals surface area contributed by atoms with Crippen LogP contribution in [0.4, 0.5) is 21.6 Å². The van der Waals surface area contributed by atoms with Gasteiger partial charge >= 0.3 is 0 Å². The number of benzene rings is 2. The first-order valence-electron chi connectivity index (χ1n) is 7.13. The average molecular weight is 377 g/mol. The number of nitrogens with zero attached hydrogens (tertiary/aromatic N) is 2. The van der Waals surface area contributed by atoms with Crippen molar-refractivity contribution in [3.8, 4) is 0 Å². The van der Waals surface area contributed by atoms with Crippen LogP contribution in [0.3, 0.4) is 0 Å². The van der Waals surface area contributed by atoms with Crippen LogP contribution >= 0.6 is 23.2 Å². The van der Waals surface area contributed by atoms with Crippen molar-refractivity contribution in [2.24, 2.45) is 0 Å². The van der Waals surface area contributed by atoms with Crippen molar-refractivity contribution in [1.82, 2.24) is 9.97 Å². The Hall–Kier alpha value is -2.70. The van der Waals surface area contributed by atoms with Gasteiger partial charge in [0, 0.05) is 11.8 Å². The molecule has 0 aliphatic heterocycles. The van der Waals surface area contributed by atoms with Gasteiger partial charge in [0.2, 0.25) is 0 Å². The highest BCUT2D eigenvalue weighted by Crippen LogP contribution is 2.24. The maximum Gasteiger partial charge on any atom is 0.274 e. The minimum Gasteiger partial charge on any atom is -0.339 e. The molecule has 8 heteroatoms. The van der Waals surface area contributed by atoms with Crippen LogP contribution in [0.25, 0.3) is 0 Å². The van der Waals surface area contributed by atoms with E-state index in [9.17, 15) is 9.18 Å². The Labute approximate surface area is 152 Å². The summed E-state index contributed by atoms with van der Waals surface area (Å²) in [5.41, 5.74) is 1.14. The molecule has 0 spiro atoms. The molecule has 3 aromatic rings. The van der Waals surface area contributed by atoms with E-state index in [1.54, 1.807) is 18.2 Å². The monoisotopic (exact) mass is 376 g/mol. The Morgan fingerprint density at radius 3 is 2.56 bits per heavy atom. The van der Waals surface area contributed by atoms with E-state index in [-0.39, 0.29) is 10.7 Å². The van der Waals surface area contributed by atoms with Crippen LogP contribution in [-0.2, 0) is 0 Å². The number of anilines is 3. The van der Waals surface area contributed by atoms with Crippen molar-refractivity contribution in [1.29, 1.82) is 0 Å². The Kier molecular flexibility index (Phi) is 5.11. The van der Waals surface area contributed by atoms with Crippen molar-refractivity contribution < 1.29 is 9.18 Å². The Balaban J connectivity index is 1.77. The fourth-order valence-corrected chi connectivity index (χ4v) is 2.38. The molecular weight excluding hydrogens is 366 g/mol. The number of hydrogen-bond acceptors (Lipinski definition) is 4. The Bertz CT molecular complexity index is 936. The van der Waals surface area contributed by atoms with E-state index >= 15 is 0 Å². The van der Waals surface area contributed by atoms with Crippen molar-refractivity contribution in [2.45, 2.75) is 0 Å². The van der Waals surface area contributed by atoms with E-state index in [1.807, 2.05) is 6.07 Å². The number of halogens is 3. The largest absolute Gasteiger partial charge is 0.339 e. The molecule has 1 heterocycles. The van der Waals surface area contributed by atoms with E-state index in [4.69, 9.17) is 23.2 Å². The number of carbonyl (C=O) groups is 1. The molecule has 0 aliphatic rings. The molecule has 0 atom stereocenters. The van der Waals surface area contributed by atoms with Crippen LogP contribution in [0, 0.1) is 5.82 Å². The van der Waals surface area contributed by atoms with Gasteiger partial charge in [-0.1, -0.05) is 35.3 Å². The molecule has 5 nitrogen and oxygen atoms in total.